The molecule has 6 nitrogen and oxygen atoms in total. The van der Waals surface area contributed by atoms with Crippen molar-refractivity contribution in [1.29, 1.82) is 0 Å². The van der Waals surface area contributed by atoms with Crippen molar-refractivity contribution in [2.24, 2.45) is 0 Å². The Bertz CT molecular complexity index is 940. The van der Waals surface area contributed by atoms with E-state index in [9.17, 15) is 14.7 Å². The van der Waals surface area contributed by atoms with Crippen LogP contribution in [0.5, 0.6) is 0 Å². The lowest BCUT2D eigenvalue weighted by Gasteiger charge is -2.14. The molecule has 2 heterocycles. The Morgan fingerprint density at radius 1 is 1.19 bits per heavy atom. The maximum atomic E-state index is 12.1. The molecule has 0 saturated carbocycles. The van der Waals surface area contributed by atoms with E-state index in [1.807, 2.05) is 66.2 Å². The largest absolute Gasteiger partial charge is 0.480 e. The molecule has 3 aromatic rings. The number of imidazole rings is 1. The Morgan fingerprint density at radius 3 is 2.70 bits per heavy atom. The lowest BCUT2D eigenvalue weighted by molar-refractivity contribution is -0.141. The van der Waals surface area contributed by atoms with Gasteiger partial charge in [0.15, 0.2) is 0 Å². The number of carbonyl (C=O) groups is 2. The molecule has 0 saturated heterocycles. The minimum atomic E-state index is -1.03. The van der Waals surface area contributed by atoms with Crippen molar-refractivity contribution in [3.63, 3.8) is 0 Å². The van der Waals surface area contributed by atoms with Crippen molar-refractivity contribution < 1.29 is 14.7 Å². The number of nitrogens with zero attached hydrogens (tertiary/aromatic N) is 2. The van der Waals surface area contributed by atoms with Gasteiger partial charge in [-0.05, 0) is 24.1 Å². The van der Waals surface area contributed by atoms with E-state index in [-0.39, 0.29) is 18.1 Å². The number of thioether (sulfide) groups is 1. The van der Waals surface area contributed by atoms with Crippen LogP contribution in [0.4, 0.5) is 0 Å². The van der Waals surface area contributed by atoms with Gasteiger partial charge in [0.2, 0.25) is 5.91 Å². The van der Waals surface area contributed by atoms with Crippen LogP contribution < -0.4 is 5.32 Å². The number of aliphatic carboxylic acids is 1. The first-order valence-electron chi connectivity index (χ1n) is 8.59. The van der Waals surface area contributed by atoms with E-state index in [1.165, 1.54) is 11.8 Å². The standard InChI is InChI=1S/C20H21N3O3S/c1-14-7-8-18-21-16(11-23(18)10-14)12-27-13-19(24)22-17(20(25)26)9-15-5-3-2-4-6-15/h2-8,10-11,17H,9,12-13H2,1H3,(H,22,24)(H,25,26)/t17-/m1/s1. The fraction of sp³-hybridized carbons (Fsp3) is 0.250. The Balaban J connectivity index is 1.50. The van der Waals surface area contributed by atoms with Gasteiger partial charge in [-0.25, -0.2) is 9.78 Å². The molecule has 1 atom stereocenters. The smallest absolute Gasteiger partial charge is 0.326 e. The number of rotatable bonds is 8. The zero-order valence-corrected chi connectivity index (χ0v) is 15.8. The molecule has 7 heteroatoms. The number of aromatic nitrogens is 2. The average Bonchev–Trinajstić information content (AvgIpc) is 3.03. The second-order valence-corrected chi connectivity index (χ2v) is 7.33. The second-order valence-electron chi connectivity index (χ2n) is 6.35. The number of fused-ring (bicyclic) bond motifs is 1. The summed E-state index contributed by atoms with van der Waals surface area (Å²) in [5.41, 5.74) is 3.78. The molecule has 0 spiro atoms. The topological polar surface area (TPSA) is 83.7 Å². The molecule has 1 aromatic carbocycles. The molecule has 0 radical (unpaired) electrons. The number of benzene rings is 1. The molecule has 3 rings (SSSR count). The van der Waals surface area contributed by atoms with Crippen molar-refractivity contribution in [2.75, 3.05) is 5.75 Å². The van der Waals surface area contributed by atoms with Crippen LogP contribution in [-0.2, 0) is 21.8 Å². The number of aryl methyl sites for hydroxylation is 1. The Hall–Kier alpha value is -2.80. The monoisotopic (exact) mass is 383 g/mol. The zero-order chi connectivity index (χ0) is 19.2. The average molecular weight is 383 g/mol. The van der Waals surface area contributed by atoms with Crippen LogP contribution in [0.3, 0.4) is 0 Å². The molecule has 0 fully saturated rings. The van der Waals surface area contributed by atoms with E-state index >= 15 is 0 Å². The summed E-state index contributed by atoms with van der Waals surface area (Å²) in [6.45, 7) is 2.02. The molecule has 0 unspecified atom stereocenters. The highest BCUT2D eigenvalue weighted by Gasteiger charge is 2.20. The van der Waals surface area contributed by atoms with Gasteiger partial charge in [0.25, 0.3) is 0 Å². The van der Waals surface area contributed by atoms with Gasteiger partial charge in [0.1, 0.15) is 11.7 Å². The Labute approximate surface area is 161 Å². The van der Waals surface area contributed by atoms with E-state index in [4.69, 9.17) is 0 Å². The minimum absolute atomic E-state index is 0.186. The number of pyridine rings is 1. The molecule has 0 aliphatic rings. The summed E-state index contributed by atoms with van der Waals surface area (Å²) in [5, 5.41) is 12.0. The van der Waals surface area contributed by atoms with E-state index in [1.54, 1.807) is 0 Å². The van der Waals surface area contributed by atoms with Gasteiger partial charge < -0.3 is 14.8 Å². The summed E-state index contributed by atoms with van der Waals surface area (Å²) in [5.74, 6) is -0.549. The molecule has 0 bridgehead atoms. The van der Waals surface area contributed by atoms with Crippen molar-refractivity contribution in [2.45, 2.75) is 25.1 Å². The predicted octanol–water partition coefficient (Wildman–Crippen LogP) is 2.69. The van der Waals surface area contributed by atoms with Crippen LogP contribution in [0.25, 0.3) is 5.65 Å². The number of hydrogen-bond donors (Lipinski definition) is 2. The fourth-order valence-corrected chi connectivity index (χ4v) is 3.48. The Kier molecular flexibility index (Phi) is 6.13. The van der Waals surface area contributed by atoms with Gasteiger partial charge in [-0.1, -0.05) is 36.4 Å². The third-order valence-electron chi connectivity index (χ3n) is 4.05. The van der Waals surface area contributed by atoms with Gasteiger partial charge >= 0.3 is 5.97 Å². The number of carbonyl (C=O) groups excluding carboxylic acids is 1. The van der Waals surface area contributed by atoms with Crippen molar-refractivity contribution in [3.05, 3.63) is 71.7 Å². The summed E-state index contributed by atoms with van der Waals surface area (Å²) < 4.78 is 1.96. The maximum absolute atomic E-state index is 12.1. The first kappa shape index (κ1) is 19.0. The predicted molar refractivity (Wildman–Crippen MR) is 106 cm³/mol. The van der Waals surface area contributed by atoms with Crippen LogP contribution in [-0.4, -0.2) is 38.2 Å². The van der Waals surface area contributed by atoms with Crippen LogP contribution in [0.1, 0.15) is 16.8 Å². The van der Waals surface area contributed by atoms with E-state index < -0.39 is 12.0 Å². The molecule has 1 amide bonds. The highest BCUT2D eigenvalue weighted by atomic mass is 32.2. The van der Waals surface area contributed by atoms with E-state index in [0.717, 1.165) is 22.5 Å². The zero-order valence-electron chi connectivity index (χ0n) is 15.0. The second kappa shape index (κ2) is 8.73. The molecule has 2 N–H and O–H groups in total. The third-order valence-corrected chi connectivity index (χ3v) is 5.01. The van der Waals surface area contributed by atoms with Crippen molar-refractivity contribution in [3.8, 4) is 0 Å². The fourth-order valence-electron chi connectivity index (χ4n) is 2.76. The molecule has 2 aromatic heterocycles. The van der Waals surface area contributed by atoms with Crippen LogP contribution in [0.15, 0.2) is 54.9 Å². The molecular weight excluding hydrogens is 362 g/mol. The number of amides is 1. The Morgan fingerprint density at radius 2 is 1.96 bits per heavy atom. The van der Waals surface area contributed by atoms with E-state index in [2.05, 4.69) is 10.3 Å². The minimum Gasteiger partial charge on any atom is -0.480 e. The van der Waals surface area contributed by atoms with Crippen LogP contribution >= 0.6 is 11.8 Å². The maximum Gasteiger partial charge on any atom is 0.326 e. The van der Waals surface area contributed by atoms with Crippen LogP contribution in [0, 0.1) is 6.92 Å². The number of hydrogen-bond acceptors (Lipinski definition) is 4. The van der Waals surface area contributed by atoms with Gasteiger partial charge in [0.05, 0.1) is 11.4 Å². The quantitative estimate of drug-likeness (QED) is 0.625. The van der Waals surface area contributed by atoms with Gasteiger partial charge in [-0.3, -0.25) is 4.79 Å². The number of nitrogens with one attached hydrogen (secondary N) is 1. The molecule has 27 heavy (non-hydrogen) atoms. The number of carboxylic acid groups (broad SMARTS) is 1. The van der Waals surface area contributed by atoms with E-state index in [0.29, 0.717) is 5.75 Å². The van der Waals surface area contributed by atoms with Crippen LogP contribution in [0.2, 0.25) is 0 Å². The normalized spacial score (nSPS) is 12.0. The summed E-state index contributed by atoms with van der Waals surface area (Å²) >= 11 is 1.41. The SMILES string of the molecule is Cc1ccc2nc(CSCC(=O)N[C@H](Cc3ccccc3)C(=O)O)cn2c1. The van der Waals surface area contributed by atoms with Gasteiger partial charge in [0, 0.05) is 24.6 Å². The van der Waals surface area contributed by atoms with Crippen molar-refractivity contribution in [1.82, 2.24) is 14.7 Å². The summed E-state index contributed by atoms with van der Waals surface area (Å²) in [6.07, 6.45) is 4.21. The lowest BCUT2D eigenvalue weighted by atomic mass is 10.1. The highest BCUT2D eigenvalue weighted by molar-refractivity contribution is 7.99. The van der Waals surface area contributed by atoms with Crippen molar-refractivity contribution >= 4 is 29.3 Å². The first-order valence-corrected chi connectivity index (χ1v) is 9.75. The van der Waals surface area contributed by atoms with Gasteiger partial charge in [-0.15, -0.1) is 11.8 Å². The molecular formula is C20H21N3O3S. The third kappa shape index (κ3) is 5.34. The van der Waals surface area contributed by atoms with Gasteiger partial charge in [-0.2, -0.15) is 0 Å². The molecule has 0 aliphatic carbocycles. The number of carboxylic acids is 1. The summed E-state index contributed by atoms with van der Waals surface area (Å²) in [6, 6.07) is 12.3. The summed E-state index contributed by atoms with van der Waals surface area (Å²) in [7, 11) is 0. The lowest BCUT2D eigenvalue weighted by Crippen LogP contribution is -2.43. The molecule has 0 aliphatic heterocycles. The molecule has 140 valence electrons. The summed E-state index contributed by atoms with van der Waals surface area (Å²) in [4.78, 5) is 28.1. The highest BCUT2D eigenvalue weighted by Crippen LogP contribution is 2.14. The first-order chi connectivity index (χ1) is 13.0.